The highest BCUT2D eigenvalue weighted by Crippen LogP contribution is 2.31. The molecule has 0 aliphatic carbocycles. The molecule has 1 saturated heterocycles. The summed E-state index contributed by atoms with van der Waals surface area (Å²) in [5.74, 6) is -7.85. The standard InChI is InChI=1S/C17H15BF4N2O9/c19-10-2-1-8(17(20,21)22)3-9(10)14(30)23-6-11(25)24-7-18-32-15(31)16(33-18,4-12(26)27)5-13(28)29/h1-3H,4-7H2,(H,23,30)(H,24,25)(H,26,27)(H,28,29). The first kappa shape index (κ1) is 25.6. The Kier molecular flexibility index (Phi) is 7.63. The summed E-state index contributed by atoms with van der Waals surface area (Å²) in [5, 5.41) is 21.8. The first-order chi connectivity index (χ1) is 15.2. The van der Waals surface area contributed by atoms with Crippen LogP contribution in [0.2, 0.25) is 0 Å². The van der Waals surface area contributed by atoms with E-state index < -0.39 is 91.4 Å². The van der Waals surface area contributed by atoms with Crippen LogP contribution in [-0.2, 0) is 34.7 Å². The number of carboxylic acids is 2. The van der Waals surface area contributed by atoms with Gasteiger partial charge in [-0.05, 0) is 18.2 Å². The fourth-order valence-corrected chi connectivity index (χ4v) is 2.80. The minimum absolute atomic E-state index is 0.277. The first-order valence-corrected chi connectivity index (χ1v) is 8.97. The summed E-state index contributed by atoms with van der Waals surface area (Å²) in [6.45, 7) is -0.815. The number of aliphatic carboxylic acids is 2. The molecule has 1 fully saturated rings. The average Bonchev–Trinajstić information content (AvgIpc) is 2.97. The number of benzene rings is 1. The predicted octanol–water partition coefficient (Wildman–Crippen LogP) is -0.0205. The molecule has 1 heterocycles. The number of rotatable bonds is 9. The van der Waals surface area contributed by atoms with Gasteiger partial charge in [0.15, 0.2) is 5.60 Å². The van der Waals surface area contributed by atoms with Crippen LogP contribution >= 0.6 is 0 Å². The van der Waals surface area contributed by atoms with Gasteiger partial charge in [0.2, 0.25) is 5.91 Å². The lowest BCUT2D eigenvalue weighted by atomic mass is 9.89. The Labute approximate surface area is 182 Å². The SMILES string of the molecule is O=C(O)CC1(CC(=O)O)OB(CNC(=O)CNC(=O)c2cc(C(F)(F)F)ccc2F)OC1=O. The van der Waals surface area contributed by atoms with Gasteiger partial charge in [-0.1, -0.05) is 0 Å². The van der Waals surface area contributed by atoms with Crippen molar-refractivity contribution >= 4 is 36.8 Å². The van der Waals surface area contributed by atoms with Crippen molar-refractivity contribution in [2.75, 3.05) is 13.0 Å². The molecular formula is C17H15BF4N2O9. The van der Waals surface area contributed by atoms with E-state index in [1.807, 2.05) is 5.32 Å². The molecule has 0 spiro atoms. The molecule has 0 radical (unpaired) electrons. The minimum Gasteiger partial charge on any atom is -0.506 e. The molecule has 1 aromatic rings. The molecule has 4 N–H and O–H groups in total. The highest BCUT2D eigenvalue weighted by molar-refractivity contribution is 6.50. The third kappa shape index (κ3) is 6.65. The second-order valence-corrected chi connectivity index (χ2v) is 6.77. The van der Waals surface area contributed by atoms with Crippen molar-refractivity contribution in [2.45, 2.75) is 24.6 Å². The molecule has 0 atom stereocenters. The van der Waals surface area contributed by atoms with Crippen LogP contribution in [0.15, 0.2) is 18.2 Å². The van der Waals surface area contributed by atoms with E-state index in [0.29, 0.717) is 12.1 Å². The number of carbonyl (C=O) groups excluding carboxylic acids is 3. The van der Waals surface area contributed by atoms with E-state index in [2.05, 4.69) is 5.32 Å². The van der Waals surface area contributed by atoms with E-state index in [4.69, 9.17) is 19.5 Å². The van der Waals surface area contributed by atoms with Crippen molar-refractivity contribution in [2.24, 2.45) is 0 Å². The van der Waals surface area contributed by atoms with Crippen molar-refractivity contribution in [1.82, 2.24) is 10.6 Å². The second-order valence-electron chi connectivity index (χ2n) is 6.77. The number of hydrogen-bond donors (Lipinski definition) is 4. The Morgan fingerprint density at radius 2 is 1.67 bits per heavy atom. The normalized spacial score (nSPS) is 15.0. The van der Waals surface area contributed by atoms with Crippen LogP contribution in [0.3, 0.4) is 0 Å². The molecule has 0 saturated carbocycles. The van der Waals surface area contributed by atoms with Gasteiger partial charge in [-0.2, -0.15) is 13.2 Å². The number of halogens is 4. The smallest absolute Gasteiger partial charge is 0.506 e. The number of hydrogen-bond acceptors (Lipinski definition) is 7. The Bertz CT molecular complexity index is 970. The van der Waals surface area contributed by atoms with Gasteiger partial charge in [0, 0.05) is 0 Å². The largest absolute Gasteiger partial charge is 0.548 e. The van der Waals surface area contributed by atoms with Crippen molar-refractivity contribution in [3.8, 4) is 0 Å². The summed E-state index contributed by atoms with van der Waals surface area (Å²) in [6.07, 6.45) is -7.42. The topological polar surface area (TPSA) is 168 Å². The molecule has 0 aromatic heterocycles. The molecule has 1 aliphatic rings. The highest BCUT2D eigenvalue weighted by atomic mass is 19.4. The fourth-order valence-electron chi connectivity index (χ4n) is 2.80. The molecule has 16 heteroatoms. The van der Waals surface area contributed by atoms with Crippen LogP contribution in [0.5, 0.6) is 0 Å². The Balaban J connectivity index is 1.92. The number of alkyl halides is 3. The Hall–Kier alpha value is -3.69. The van der Waals surface area contributed by atoms with Gasteiger partial charge >= 0.3 is 31.2 Å². The van der Waals surface area contributed by atoms with Crippen LogP contribution in [0.25, 0.3) is 0 Å². The number of amides is 2. The lowest BCUT2D eigenvalue weighted by molar-refractivity contribution is -0.157. The molecule has 1 aromatic carbocycles. The molecular weight excluding hydrogens is 463 g/mol. The zero-order valence-corrected chi connectivity index (χ0v) is 16.4. The number of nitrogens with one attached hydrogen (secondary N) is 2. The van der Waals surface area contributed by atoms with E-state index in [1.54, 1.807) is 0 Å². The highest BCUT2D eigenvalue weighted by Gasteiger charge is 2.55. The maximum Gasteiger partial charge on any atom is 0.548 e. The second kappa shape index (κ2) is 9.85. The molecule has 2 amide bonds. The Morgan fingerprint density at radius 1 is 1.06 bits per heavy atom. The van der Waals surface area contributed by atoms with Crippen molar-refractivity contribution in [1.29, 1.82) is 0 Å². The molecule has 178 valence electrons. The van der Waals surface area contributed by atoms with Gasteiger partial charge in [-0.15, -0.1) is 0 Å². The number of carboxylic acid groups (broad SMARTS) is 2. The summed E-state index contributed by atoms with van der Waals surface area (Å²) in [5.41, 5.74) is -4.52. The average molecular weight is 478 g/mol. The van der Waals surface area contributed by atoms with E-state index in [9.17, 15) is 41.5 Å². The number of carbonyl (C=O) groups is 5. The van der Waals surface area contributed by atoms with Gasteiger partial charge in [0.1, 0.15) is 5.82 Å². The monoisotopic (exact) mass is 478 g/mol. The molecule has 0 unspecified atom stereocenters. The molecule has 11 nitrogen and oxygen atoms in total. The van der Waals surface area contributed by atoms with E-state index >= 15 is 0 Å². The summed E-state index contributed by atoms with van der Waals surface area (Å²) in [7, 11) is -1.54. The van der Waals surface area contributed by atoms with Crippen molar-refractivity contribution in [3.63, 3.8) is 0 Å². The first-order valence-electron chi connectivity index (χ1n) is 8.97. The summed E-state index contributed by atoms with van der Waals surface area (Å²) in [4.78, 5) is 57.7. The zero-order valence-electron chi connectivity index (χ0n) is 16.4. The minimum atomic E-state index is -4.82. The summed E-state index contributed by atoms with van der Waals surface area (Å²) < 4.78 is 61.7. The van der Waals surface area contributed by atoms with E-state index in [1.165, 1.54) is 0 Å². The van der Waals surface area contributed by atoms with Crippen LogP contribution in [0.4, 0.5) is 17.6 Å². The maximum atomic E-state index is 13.7. The van der Waals surface area contributed by atoms with Gasteiger partial charge in [-0.25, -0.2) is 4.39 Å². The summed E-state index contributed by atoms with van der Waals surface area (Å²) in [6, 6.07) is 1.17. The molecule has 2 rings (SSSR count). The van der Waals surface area contributed by atoms with E-state index in [0.717, 1.165) is 0 Å². The van der Waals surface area contributed by atoms with Crippen LogP contribution in [0.1, 0.15) is 28.8 Å². The quantitative estimate of drug-likeness (QED) is 0.282. The summed E-state index contributed by atoms with van der Waals surface area (Å²) >= 11 is 0. The third-order valence-corrected chi connectivity index (χ3v) is 4.25. The maximum absolute atomic E-state index is 13.7. The molecule has 1 aliphatic heterocycles. The lowest BCUT2D eigenvalue weighted by Gasteiger charge is -2.20. The van der Waals surface area contributed by atoms with Crippen molar-refractivity contribution < 1.29 is 61.1 Å². The Morgan fingerprint density at radius 3 is 2.21 bits per heavy atom. The van der Waals surface area contributed by atoms with Crippen LogP contribution < -0.4 is 10.6 Å². The van der Waals surface area contributed by atoms with E-state index in [-0.39, 0.29) is 6.07 Å². The fraction of sp³-hybridized carbons (Fsp3) is 0.353. The molecule has 0 bridgehead atoms. The third-order valence-electron chi connectivity index (χ3n) is 4.25. The van der Waals surface area contributed by atoms with Gasteiger partial charge in [-0.3, -0.25) is 24.0 Å². The molecule has 33 heavy (non-hydrogen) atoms. The van der Waals surface area contributed by atoms with Gasteiger partial charge in [0.05, 0.1) is 37.0 Å². The predicted molar refractivity (Wildman–Crippen MR) is 96.9 cm³/mol. The van der Waals surface area contributed by atoms with Crippen molar-refractivity contribution in [3.05, 3.63) is 35.1 Å². The van der Waals surface area contributed by atoms with Crippen LogP contribution in [-0.4, -0.2) is 65.6 Å². The van der Waals surface area contributed by atoms with Crippen LogP contribution in [0, 0.1) is 5.82 Å². The lowest BCUT2D eigenvalue weighted by Crippen LogP contribution is -2.44. The van der Waals surface area contributed by atoms with Gasteiger partial charge in [0.25, 0.3) is 5.91 Å². The van der Waals surface area contributed by atoms with Gasteiger partial charge < -0.3 is 30.2 Å². The zero-order chi connectivity index (χ0) is 25.0.